The van der Waals surface area contributed by atoms with Crippen LogP contribution in [0.2, 0.25) is 0 Å². The molecule has 130 valence electrons. The summed E-state index contributed by atoms with van der Waals surface area (Å²) in [5.74, 6) is -0.422. The summed E-state index contributed by atoms with van der Waals surface area (Å²) in [4.78, 5) is 28.0. The molecule has 3 amide bonds. The van der Waals surface area contributed by atoms with Crippen molar-refractivity contribution in [2.24, 2.45) is 0 Å². The topological polar surface area (TPSA) is 83.1 Å². The van der Waals surface area contributed by atoms with E-state index in [2.05, 4.69) is 41.7 Å². The van der Waals surface area contributed by atoms with Crippen LogP contribution in [0.25, 0.3) is 0 Å². The van der Waals surface area contributed by atoms with Gasteiger partial charge in [0.2, 0.25) is 5.91 Å². The number of nitrogens with zero attached hydrogens (tertiary/aromatic N) is 1. The van der Waals surface area contributed by atoms with Gasteiger partial charge in [-0.3, -0.25) is 4.79 Å². The van der Waals surface area contributed by atoms with Crippen LogP contribution in [0.5, 0.6) is 0 Å². The van der Waals surface area contributed by atoms with Crippen molar-refractivity contribution in [3.8, 4) is 0 Å². The number of halogens is 1. The maximum atomic E-state index is 12.0. The Balaban J connectivity index is 2.53. The lowest BCUT2D eigenvalue weighted by Gasteiger charge is -2.17. The van der Waals surface area contributed by atoms with Gasteiger partial charge in [0.1, 0.15) is 17.7 Å². The molecule has 2 unspecified atom stereocenters. The summed E-state index contributed by atoms with van der Waals surface area (Å²) in [5, 5.41) is 10.4. The van der Waals surface area contributed by atoms with Crippen LogP contribution in [0, 0.1) is 0 Å². The molecule has 0 aromatic carbocycles. The standard InChI is InChI=1S/C15H25FN4O2S/c1-9(12(21)17-7-6-16)18-14(22)19-10(2)13-20-11(8-23-13)15(3,4)5/h8-10H,6-7H2,1-5H3,(H,17,21)(H2,18,19,22). The summed E-state index contributed by atoms with van der Waals surface area (Å²) in [7, 11) is 0. The second-order valence-corrected chi connectivity index (χ2v) is 7.25. The predicted octanol–water partition coefficient (Wildman–Crippen LogP) is 2.28. The molecule has 0 aliphatic carbocycles. The van der Waals surface area contributed by atoms with E-state index in [9.17, 15) is 14.0 Å². The number of urea groups is 1. The van der Waals surface area contributed by atoms with Crippen molar-refractivity contribution >= 4 is 23.3 Å². The van der Waals surface area contributed by atoms with Gasteiger partial charge in [0, 0.05) is 17.3 Å². The number of alkyl halides is 1. The Kier molecular flexibility index (Phi) is 6.93. The van der Waals surface area contributed by atoms with E-state index in [0.29, 0.717) is 0 Å². The van der Waals surface area contributed by atoms with Crippen LogP contribution in [0.1, 0.15) is 51.4 Å². The Morgan fingerprint density at radius 1 is 1.30 bits per heavy atom. The zero-order chi connectivity index (χ0) is 17.6. The maximum absolute atomic E-state index is 12.0. The van der Waals surface area contributed by atoms with Crippen molar-refractivity contribution in [3.63, 3.8) is 0 Å². The second kappa shape index (κ2) is 8.24. The summed E-state index contributed by atoms with van der Waals surface area (Å²) in [5.41, 5.74) is 0.935. The highest BCUT2D eigenvalue weighted by Gasteiger charge is 2.21. The zero-order valence-corrected chi connectivity index (χ0v) is 15.0. The Labute approximate surface area is 140 Å². The molecule has 0 radical (unpaired) electrons. The number of carbonyl (C=O) groups excluding carboxylic acids is 2. The Bertz CT molecular complexity index is 542. The molecule has 0 fully saturated rings. The minimum absolute atomic E-state index is 0.0419. The third kappa shape index (κ3) is 6.13. The number of carbonyl (C=O) groups is 2. The minimum atomic E-state index is -0.741. The Hall–Kier alpha value is -1.70. The van der Waals surface area contributed by atoms with Crippen LogP contribution in [0.4, 0.5) is 9.18 Å². The maximum Gasteiger partial charge on any atom is 0.315 e. The van der Waals surface area contributed by atoms with Gasteiger partial charge in [0.05, 0.1) is 11.7 Å². The van der Waals surface area contributed by atoms with Crippen LogP contribution < -0.4 is 16.0 Å². The molecule has 3 N–H and O–H groups in total. The van der Waals surface area contributed by atoms with Crippen LogP contribution in [0.15, 0.2) is 5.38 Å². The van der Waals surface area contributed by atoms with Gasteiger partial charge in [0.25, 0.3) is 0 Å². The lowest BCUT2D eigenvalue weighted by Crippen LogP contribution is -2.49. The number of hydrogen-bond donors (Lipinski definition) is 3. The normalized spacial score (nSPS) is 14.0. The van der Waals surface area contributed by atoms with Crippen molar-refractivity contribution in [1.29, 1.82) is 0 Å². The Morgan fingerprint density at radius 2 is 1.96 bits per heavy atom. The fourth-order valence-electron chi connectivity index (χ4n) is 1.72. The summed E-state index contributed by atoms with van der Waals surface area (Å²) in [6.07, 6.45) is 0. The first-order valence-corrected chi connectivity index (χ1v) is 8.39. The van der Waals surface area contributed by atoms with E-state index in [0.717, 1.165) is 10.7 Å². The third-order valence-corrected chi connectivity index (χ3v) is 4.17. The summed E-state index contributed by atoms with van der Waals surface area (Å²) in [6, 6.07) is -1.47. The van der Waals surface area contributed by atoms with Gasteiger partial charge in [0.15, 0.2) is 0 Å². The van der Waals surface area contributed by atoms with E-state index >= 15 is 0 Å². The van der Waals surface area contributed by atoms with E-state index in [1.54, 1.807) is 6.92 Å². The number of thiazole rings is 1. The third-order valence-electron chi connectivity index (χ3n) is 3.14. The van der Waals surface area contributed by atoms with Crippen LogP contribution in [-0.4, -0.2) is 36.2 Å². The molecule has 0 spiro atoms. The van der Waals surface area contributed by atoms with E-state index in [1.807, 2.05) is 12.3 Å². The molecule has 1 rings (SSSR count). The number of amides is 3. The predicted molar refractivity (Wildman–Crippen MR) is 89.3 cm³/mol. The molecule has 0 aliphatic heterocycles. The molecular formula is C15H25FN4O2S. The highest BCUT2D eigenvalue weighted by Crippen LogP contribution is 2.26. The van der Waals surface area contributed by atoms with E-state index < -0.39 is 24.7 Å². The highest BCUT2D eigenvalue weighted by atomic mass is 32.1. The molecule has 0 saturated heterocycles. The SMILES string of the molecule is CC(NC(=O)NC(C)c1nc(C(C)(C)C)cs1)C(=O)NCCF. The summed E-state index contributed by atoms with van der Waals surface area (Å²) < 4.78 is 12.0. The van der Waals surface area contributed by atoms with Crippen LogP contribution in [-0.2, 0) is 10.2 Å². The van der Waals surface area contributed by atoms with E-state index in [4.69, 9.17) is 0 Å². The van der Waals surface area contributed by atoms with Gasteiger partial charge in [-0.25, -0.2) is 14.2 Å². The lowest BCUT2D eigenvalue weighted by atomic mass is 9.93. The average molecular weight is 344 g/mol. The molecule has 8 heteroatoms. The summed E-state index contributed by atoms with van der Waals surface area (Å²) >= 11 is 1.49. The largest absolute Gasteiger partial charge is 0.352 e. The Morgan fingerprint density at radius 3 is 2.48 bits per heavy atom. The quantitative estimate of drug-likeness (QED) is 0.740. The molecule has 1 heterocycles. The van der Waals surface area contributed by atoms with Gasteiger partial charge < -0.3 is 16.0 Å². The molecule has 23 heavy (non-hydrogen) atoms. The van der Waals surface area contributed by atoms with E-state index in [-0.39, 0.29) is 18.0 Å². The first-order chi connectivity index (χ1) is 10.6. The lowest BCUT2D eigenvalue weighted by molar-refractivity contribution is -0.122. The smallest absolute Gasteiger partial charge is 0.315 e. The van der Waals surface area contributed by atoms with Crippen molar-refractivity contribution in [1.82, 2.24) is 20.9 Å². The molecular weight excluding hydrogens is 319 g/mol. The van der Waals surface area contributed by atoms with Crippen molar-refractivity contribution in [2.75, 3.05) is 13.2 Å². The fourth-order valence-corrected chi connectivity index (χ4v) is 2.77. The van der Waals surface area contributed by atoms with E-state index in [1.165, 1.54) is 11.3 Å². The highest BCUT2D eigenvalue weighted by molar-refractivity contribution is 7.09. The first kappa shape index (κ1) is 19.3. The number of aromatic nitrogens is 1. The molecule has 1 aromatic heterocycles. The molecule has 1 aromatic rings. The number of rotatable bonds is 6. The first-order valence-electron chi connectivity index (χ1n) is 7.51. The summed E-state index contributed by atoms with van der Waals surface area (Å²) in [6.45, 7) is 8.91. The zero-order valence-electron chi connectivity index (χ0n) is 14.2. The van der Waals surface area contributed by atoms with Crippen molar-refractivity contribution in [3.05, 3.63) is 16.1 Å². The molecule has 0 aliphatic rings. The van der Waals surface area contributed by atoms with Gasteiger partial charge in [-0.2, -0.15) is 0 Å². The minimum Gasteiger partial charge on any atom is -0.352 e. The average Bonchev–Trinajstić information content (AvgIpc) is 2.94. The van der Waals surface area contributed by atoms with Crippen LogP contribution in [0.3, 0.4) is 0 Å². The van der Waals surface area contributed by atoms with Crippen LogP contribution >= 0.6 is 11.3 Å². The number of hydrogen-bond acceptors (Lipinski definition) is 4. The fraction of sp³-hybridized carbons (Fsp3) is 0.667. The molecule has 0 saturated carbocycles. The van der Waals surface area contributed by atoms with Gasteiger partial charge in [-0.1, -0.05) is 20.8 Å². The van der Waals surface area contributed by atoms with Gasteiger partial charge >= 0.3 is 6.03 Å². The van der Waals surface area contributed by atoms with Gasteiger partial charge in [-0.05, 0) is 13.8 Å². The van der Waals surface area contributed by atoms with Crippen molar-refractivity contribution < 1.29 is 14.0 Å². The molecule has 6 nitrogen and oxygen atoms in total. The molecule has 2 atom stereocenters. The van der Waals surface area contributed by atoms with Crippen molar-refractivity contribution in [2.45, 2.75) is 52.1 Å². The monoisotopic (exact) mass is 344 g/mol. The molecule has 0 bridgehead atoms. The number of nitrogens with one attached hydrogen (secondary N) is 3. The van der Waals surface area contributed by atoms with Gasteiger partial charge in [-0.15, -0.1) is 11.3 Å². The second-order valence-electron chi connectivity index (χ2n) is 6.36.